The first-order valence-electron chi connectivity index (χ1n) is 5.88. The lowest BCUT2D eigenvalue weighted by Gasteiger charge is -2.16. The normalized spacial score (nSPS) is 18.2. The number of fused-ring (bicyclic) bond motifs is 1. The molecule has 1 aromatic carbocycles. The minimum Gasteiger partial charge on any atom is -0.481 e. The number of nitrogens with zero attached hydrogens (tertiary/aromatic N) is 1. The molecule has 0 fully saturated rings. The molecule has 92 valence electrons. The number of benzene rings is 1. The minimum absolute atomic E-state index is 0.136. The molecule has 0 aliphatic carbocycles. The molecular weight excluding hydrogens is 221 g/mol. The average Bonchev–Trinajstić information content (AvgIpc) is 2.63. The van der Waals surface area contributed by atoms with Gasteiger partial charge in [-0.05, 0) is 37.1 Å². The van der Waals surface area contributed by atoms with E-state index in [-0.39, 0.29) is 18.2 Å². The molecule has 0 bridgehead atoms. The third kappa shape index (κ3) is 2.40. The Kier molecular flexibility index (Phi) is 3.31. The molecule has 1 unspecified atom stereocenters. The fourth-order valence-corrected chi connectivity index (χ4v) is 2.45. The van der Waals surface area contributed by atoms with Gasteiger partial charge < -0.3 is 10.0 Å². The van der Waals surface area contributed by atoms with Crippen molar-refractivity contribution in [3.8, 4) is 0 Å². The number of hydrogen-bond donors (Lipinski definition) is 1. The molecule has 1 heterocycles. The molecular formula is C13H16FNO2. The molecule has 1 atom stereocenters. The second-order valence-electron chi connectivity index (χ2n) is 4.37. The minimum atomic E-state index is -0.794. The molecule has 3 nitrogen and oxygen atoms in total. The lowest BCUT2D eigenvalue weighted by molar-refractivity contribution is -0.137. The molecule has 2 rings (SSSR count). The Morgan fingerprint density at radius 3 is 3.00 bits per heavy atom. The number of carbonyl (C=O) groups is 1. The zero-order chi connectivity index (χ0) is 12.4. The van der Waals surface area contributed by atoms with Gasteiger partial charge in [-0.15, -0.1) is 0 Å². The Morgan fingerprint density at radius 2 is 2.35 bits per heavy atom. The maximum atomic E-state index is 13.2. The number of likely N-dealkylation sites (N-methyl/N-ethyl adjacent to an activating group) is 1. The van der Waals surface area contributed by atoms with Crippen LogP contribution in [0.4, 0.5) is 10.1 Å². The number of anilines is 1. The first kappa shape index (κ1) is 11.9. The van der Waals surface area contributed by atoms with Gasteiger partial charge in [0.2, 0.25) is 0 Å². The van der Waals surface area contributed by atoms with E-state index < -0.39 is 5.97 Å². The summed E-state index contributed by atoms with van der Waals surface area (Å²) in [5, 5.41) is 8.71. The van der Waals surface area contributed by atoms with E-state index in [1.54, 1.807) is 6.07 Å². The SMILES string of the molecule is CCN1CC(CCC(=O)O)c2cc(F)ccc21. The van der Waals surface area contributed by atoms with Crippen LogP contribution < -0.4 is 4.90 Å². The molecule has 0 saturated heterocycles. The maximum absolute atomic E-state index is 13.2. The van der Waals surface area contributed by atoms with Gasteiger partial charge in [0.25, 0.3) is 0 Å². The van der Waals surface area contributed by atoms with Gasteiger partial charge >= 0.3 is 5.97 Å². The summed E-state index contributed by atoms with van der Waals surface area (Å²) in [5.41, 5.74) is 2.00. The summed E-state index contributed by atoms with van der Waals surface area (Å²) < 4.78 is 13.2. The molecule has 0 spiro atoms. The van der Waals surface area contributed by atoms with Gasteiger partial charge in [-0.2, -0.15) is 0 Å². The standard InChI is InChI=1S/C13H16FNO2/c1-2-15-8-9(3-6-13(16)17)11-7-10(14)4-5-12(11)15/h4-5,7,9H,2-3,6,8H2,1H3,(H,16,17). The van der Waals surface area contributed by atoms with E-state index in [2.05, 4.69) is 4.90 Å². The quantitative estimate of drug-likeness (QED) is 0.875. The fraction of sp³-hybridized carbons (Fsp3) is 0.462. The number of hydrogen-bond acceptors (Lipinski definition) is 2. The van der Waals surface area contributed by atoms with Gasteiger partial charge in [-0.1, -0.05) is 0 Å². The van der Waals surface area contributed by atoms with Crippen LogP contribution in [0, 0.1) is 5.82 Å². The number of halogens is 1. The zero-order valence-electron chi connectivity index (χ0n) is 9.82. The molecule has 4 heteroatoms. The van der Waals surface area contributed by atoms with Crippen molar-refractivity contribution in [3.05, 3.63) is 29.6 Å². The average molecular weight is 237 g/mol. The van der Waals surface area contributed by atoms with Crippen molar-refractivity contribution in [1.29, 1.82) is 0 Å². The van der Waals surface area contributed by atoms with E-state index in [0.717, 1.165) is 24.3 Å². The molecule has 1 N–H and O–H groups in total. The number of aliphatic carboxylic acids is 1. The van der Waals surface area contributed by atoms with Crippen molar-refractivity contribution in [2.45, 2.75) is 25.7 Å². The van der Waals surface area contributed by atoms with E-state index in [4.69, 9.17) is 5.11 Å². The van der Waals surface area contributed by atoms with Gasteiger partial charge in [0.15, 0.2) is 0 Å². The van der Waals surface area contributed by atoms with Crippen molar-refractivity contribution < 1.29 is 14.3 Å². The van der Waals surface area contributed by atoms with E-state index in [9.17, 15) is 9.18 Å². The van der Waals surface area contributed by atoms with Crippen LogP contribution in [0.1, 0.15) is 31.2 Å². The van der Waals surface area contributed by atoms with Gasteiger partial charge in [0.1, 0.15) is 5.82 Å². The highest BCUT2D eigenvalue weighted by Crippen LogP contribution is 2.38. The highest BCUT2D eigenvalue weighted by molar-refractivity contribution is 5.67. The second-order valence-corrected chi connectivity index (χ2v) is 4.37. The topological polar surface area (TPSA) is 40.5 Å². The predicted octanol–water partition coefficient (Wildman–Crippen LogP) is 2.61. The molecule has 0 saturated carbocycles. The zero-order valence-corrected chi connectivity index (χ0v) is 9.82. The lowest BCUT2D eigenvalue weighted by Crippen LogP contribution is -2.21. The molecule has 0 radical (unpaired) electrons. The lowest BCUT2D eigenvalue weighted by atomic mass is 9.96. The van der Waals surface area contributed by atoms with Crippen LogP contribution in [-0.4, -0.2) is 24.2 Å². The molecule has 1 aromatic rings. The van der Waals surface area contributed by atoms with E-state index >= 15 is 0 Å². The number of rotatable bonds is 4. The van der Waals surface area contributed by atoms with Gasteiger partial charge in [0, 0.05) is 31.1 Å². The summed E-state index contributed by atoms with van der Waals surface area (Å²) in [4.78, 5) is 12.8. The Labute approximate surface area is 99.9 Å². The highest BCUT2D eigenvalue weighted by atomic mass is 19.1. The predicted molar refractivity (Wildman–Crippen MR) is 63.9 cm³/mol. The third-order valence-corrected chi connectivity index (χ3v) is 3.30. The first-order chi connectivity index (χ1) is 8.11. The fourth-order valence-electron chi connectivity index (χ4n) is 2.45. The van der Waals surface area contributed by atoms with Crippen molar-refractivity contribution in [1.82, 2.24) is 0 Å². The molecule has 17 heavy (non-hydrogen) atoms. The highest BCUT2D eigenvalue weighted by Gasteiger charge is 2.28. The summed E-state index contributed by atoms with van der Waals surface area (Å²) in [6, 6.07) is 4.79. The van der Waals surface area contributed by atoms with Gasteiger partial charge in [0.05, 0.1) is 0 Å². The van der Waals surface area contributed by atoms with Crippen molar-refractivity contribution in [3.63, 3.8) is 0 Å². The Hall–Kier alpha value is -1.58. The molecule has 1 aliphatic heterocycles. The second kappa shape index (κ2) is 4.73. The van der Waals surface area contributed by atoms with Gasteiger partial charge in [-0.25, -0.2) is 4.39 Å². The smallest absolute Gasteiger partial charge is 0.303 e. The molecule has 1 aliphatic rings. The third-order valence-electron chi connectivity index (χ3n) is 3.30. The van der Waals surface area contributed by atoms with Crippen LogP contribution in [0.25, 0.3) is 0 Å². The van der Waals surface area contributed by atoms with Crippen LogP contribution in [0.3, 0.4) is 0 Å². The first-order valence-corrected chi connectivity index (χ1v) is 5.88. The molecule has 0 amide bonds. The summed E-state index contributed by atoms with van der Waals surface area (Å²) >= 11 is 0. The molecule has 0 aromatic heterocycles. The Morgan fingerprint density at radius 1 is 1.59 bits per heavy atom. The van der Waals surface area contributed by atoms with E-state index in [1.165, 1.54) is 12.1 Å². The number of carboxylic acid groups (broad SMARTS) is 1. The summed E-state index contributed by atoms with van der Waals surface area (Å²) in [5.74, 6) is -0.906. The van der Waals surface area contributed by atoms with Crippen LogP contribution in [-0.2, 0) is 4.79 Å². The van der Waals surface area contributed by atoms with Crippen molar-refractivity contribution >= 4 is 11.7 Å². The summed E-state index contributed by atoms with van der Waals surface area (Å²) in [6.45, 7) is 3.71. The number of carboxylic acids is 1. The van der Waals surface area contributed by atoms with E-state index in [0.29, 0.717) is 6.42 Å². The van der Waals surface area contributed by atoms with Crippen LogP contribution in [0.15, 0.2) is 18.2 Å². The van der Waals surface area contributed by atoms with Crippen LogP contribution in [0.5, 0.6) is 0 Å². The van der Waals surface area contributed by atoms with Crippen LogP contribution >= 0.6 is 0 Å². The van der Waals surface area contributed by atoms with Crippen LogP contribution in [0.2, 0.25) is 0 Å². The monoisotopic (exact) mass is 237 g/mol. The summed E-state index contributed by atoms with van der Waals surface area (Å²) in [6.07, 6.45) is 0.709. The largest absolute Gasteiger partial charge is 0.481 e. The summed E-state index contributed by atoms with van der Waals surface area (Å²) in [7, 11) is 0. The van der Waals surface area contributed by atoms with Crippen molar-refractivity contribution in [2.24, 2.45) is 0 Å². The van der Waals surface area contributed by atoms with Crippen molar-refractivity contribution in [2.75, 3.05) is 18.0 Å². The van der Waals surface area contributed by atoms with E-state index in [1.807, 2.05) is 6.92 Å². The maximum Gasteiger partial charge on any atom is 0.303 e. The van der Waals surface area contributed by atoms with Gasteiger partial charge in [-0.3, -0.25) is 4.79 Å². The Bertz CT molecular complexity index is 433. The Balaban J connectivity index is 2.22.